The van der Waals surface area contributed by atoms with Crippen LogP contribution in [-0.2, 0) is 4.79 Å². The van der Waals surface area contributed by atoms with E-state index in [4.69, 9.17) is 0 Å². The third kappa shape index (κ3) is 3.78. The van der Waals surface area contributed by atoms with Gasteiger partial charge in [-0.1, -0.05) is 15.9 Å². The first-order chi connectivity index (χ1) is 9.47. The minimum absolute atomic E-state index is 0.108. The van der Waals surface area contributed by atoms with E-state index in [9.17, 15) is 9.90 Å². The maximum absolute atomic E-state index is 11.8. The number of phenolic OH excluding ortho intramolecular Hbond substituents is 1. The highest BCUT2D eigenvalue weighted by molar-refractivity contribution is 9.11. The van der Waals surface area contributed by atoms with Gasteiger partial charge < -0.3 is 5.11 Å². The zero-order valence-corrected chi connectivity index (χ0v) is 13.8. The van der Waals surface area contributed by atoms with Gasteiger partial charge in [-0.2, -0.15) is 5.10 Å². The lowest BCUT2D eigenvalue weighted by Gasteiger charge is -2.06. The van der Waals surface area contributed by atoms with Crippen LogP contribution >= 0.6 is 31.9 Å². The molecule has 8 heteroatoms. The number of hydrazine groups is 1. The van der Waals surface area contributed by atoms with Gasteiger partial charge in [0.15, 0.2) is 0 Å². The topological polar surface area (TPSA) is 85.8 Å². The molecule has 1 saturated heterocycles. The van der Waals surface area contributed by atoms with Crippen LogP contribution in [0.1, 0.15) is 18.9 Å². The van der Waals surface area contributed by atoms with Gasteiger partial charge in [0.1, 0.15) is 11.8 Å². The smallest absolute Gasteiger partial charge is 0.258 e. The second-order valence-corrected chi connectivity index (χ2v) is 6.25. The van der Waals surface area contributed by atoms with E-state index in [1.807, 2.05) is 6.92 Å². The standard InChI is InChI=1S/C12H14Br2N4O2/c1-6-2-10(17-16-6)12(20)18-15-5-7-3-11(19)9(14)4-8(7)13/h3-6,10,16-17,19H,2H2,1H3,(H,18,20)/b15-5+. The highest BCUT2D eigenvalue weighted by Crippen LogP contribution is 2.29. The lowest BCUT2D eigenvalue weighted by atomic mass is 10.1. The van der Waals surface area contributed by atoms with Crippen LogP contribution in [0.4, 0.5) is 0 Å². The Morgan fingerprint density at radius 3 is 2.85 bits per heavy atom. The molecule has 20 heavy (non-hydrogen) atoms. The zero-order chi connectivity index (χ0) is 14.7. The second kappa shape index (κ2) is 6.66. The average Bonchev–Trinajstić information content (AvgIpc) is 2.82. The van der Waals surface area contributed by atoms with E-state index in [2.05, 4.69) is 53.2 Å². The molecule has 1 fully saturated rings. The number of benzene rings is 1. The summed E-state index contributed by atoms with van der Waals surface area (Å²) in [5.41, 5.74) is 9.00. The molecule has 0 bridgehead atoms. The third-order valence-corrected chi connectivity index (χ3v) is 4.18. The van der Waals surface area contributed by atoms with E-state index in [-0.39, 0.29) is 23.7 Å². The Balaban J connectivity index is 1.96. The fourth-order valence-electron chi connectivity index (χ4n) is 1.78. The highest BCUT2D eigenvalue weighted by Gasteiger charge is 2.26. The van der Waals surface area contributed by atoms with Crippen LogP contribution in [0.3, 0.4) is 0 Å². The van der Waals surface area contributed by atoms with Crippen molar-refractivity contribution >= 4 is 44.0 Å². The number of phenols is 1. The van der Waals surface area contributed by atoms with Crippen molar-refractivity contribution < 1.29 is 9.90 Å². The van der Waals surface area contributed by atoms with E-state index in [1.54, 1.807) is 12.1 Å². The minimum Gasteiger partial charge on any atom is -0.507 e. The fourth-order valence-corrected chi connectivity index (χ4v) is 2.88. The number of halogens is 2. The van der Waals surface area contributed by atoms with Gasteiger partial charge >= 0.3 is 0 Å². The predicted molar refractivity (Wildman–Crippen MR) is 83.4 cm³/mol. The number of nitrogens with one attached hydrogen (secondary N) is 3. The van der Waals surface area contributed by atoms with Crippen molar-refractivity contribution in [3.05, 3.63) is 26.6 Å². The van der Waals surface area contributed by atoms with Crippen molar-refractivity contribution in [2.45, 2.75) is 25.4 Å². The normalized spacial score (nSPS) is 22.4. The Hall–Kier alpha value is -0.960. The van der Waals surface area contributed by atoms with E-state index in [0.717, 1.165) is 4.47 Å². The summed E-state index contributed by atoms with van der Waals surface area (Å²) in [5, 5.41) is 13.5. The van der Waals surface area contributed by atoms with Gasteiger partial charge in [-0.25, -0.2) is 10.9 Å². The van der Waals surface area contributed by atoms with Crippen molar-refractivity contribution in [2.75, 3.05) is 0 Å². The summed E-state index contributed by atoms with van der Waals surface area (Å²) in [6, 6.07) is 3.22. The number of carbonyl (C=O) groups is 1. The molecule has 2 rings (SSSR count). The number of hydrogen-bond donors (Lipinski definition) is 4. The summed E-state index contributed by atoms with van der Waals surface area (Å²) in [6.07, 6.45) is 2.18. The van der Waals surface area contributed by atoms with Crippen molar-refractivity contribution in [1.82, 2.24) is 16.3 Å². The highest BCUT2D eigenvalue weighted by atomic mass is 79.9. The van der Waals surface area contributed by atoms with Crippen LogP contribution in [0.2, 0.25) is 0 Å². The van der Waals surface area contributed by atoms with Gasteiger partial charge in [-0.05, 0) is 41.4 Å². The van der Waals surface area contributed by atoms with Crippen LogP contribution in [-0.4, -0.2) is 29.3 Å². The molecule has 0 aliphatic carbocycles. The van der Waals surface area contributed by atoms with Gasteiger partial charge in [0.25, 0.3) is 5.91 Å². The molecule has 1 aromatic carbocycles. The van der Waals surface area contributed by atoms with Crippen LogP contribution < -0.4 is 16.3 Å². The zero-order valence-electron chi connectivity index (χ0n) is 10.7. The molecule has 4 N–H and O–H groups in total. The Kier molecular flexibility index (Phi) is 5.14. The first kappa shape index (κ1) is 15.4. The predicted octanol–water partition coefficient (Wildman–Crippen LogP) is 1.62. The van der Waals surface area contributed by atoms with Crippen molar-refractivity contribution in [2.24, 2.45) is 5.10 Å². The van der Waals surface area contributed by atoms with Crippen LogP contribution in [0.15, 0.2) is 26.2 Å². The number of carbonyl (C=O) groups excluding carboxylic acids is 1. The van der Waals surface area contributed by atoms with E-state index in [0.29, 0.717) is 16.5 Å². The Morgan fingerprint density at radius 1 is 1.45 bits per heavy atom. The molecule has 1 aromatic rings. The summed E-state index contributed by atoms with van der Waals surface area (Å²) in [6.45, 7) is 1.99. The summed E-state index contributed by atoms with van der Waals surface area (Å²) >= 11 is 6.57. The van der Waals surface area contributed by atoms with Crippen molar-refractivity contribution in [3.63, 3.8) is 0 Å². The van der Waals surface area contributed by atoms with Gasteiger partial charge in [0.05, 0.1) is 10.7 Å². The molecule has 1 heterocycles. The molecule has 0 radical (unpaired) electrons. The maximum Gasteiger partial charge on any atom is 0.258 e. The molecule has 108 valence electrons. The summed E-state index contributed by atoms with van der Waals surface area (Å²) in [5.74, 6) is -0.0907. The Morgan fingerprint density at radius 2 is 2.20 bits per heavy atom. The summed E-state index contributed by atoms with van der Waals surface area (Å²) < 4.78 is 1.34. The molecule has 1 aliphatic rings. The molecule has 0 aromatic heterocycles. The Bertz CT molecular complexity index is 551. The first-order valence-electron chi connectivity index (χ1n) is 5.99. The number of amides is 1. The van der Waals surface area contributed by atoms with Gasteiger partial charge in [0.2, 0.25) is 0 Å². The number of aromatic hydroxyl groups is 1. The van der Waals surface area contributed by atoms with Crippen LogP contribution in [0.5, 0.6) is 5.75 Å². The van der Waals surface area contributed by atoms with Gasteiger partial charge in [-0.15, -0.1) is 0 Å². The quantitative estimate of drug-likeness (QED) is 0.454. The number of rotatable bonds is 3. The molecule has 1 aliphatic heterocycles. The molecule has 0 saturated carbocycles. The van der Waals surface area contributed by atoms with Gasteiger partial charge in [-0.3, -0.25) is 10.2 Å². The maximum atomic E-state index is 11.8. The van der Waals surface area contributed by atoms with Crippen LogP contribution in [0.25, 0.3) is 0 Å². The summed E-state index contributed by atoms with van der Waals surface area (Å²) in [4.78, 5) is 11.8. The van der Waals surface area contributed by atoms with Crippen molar-refractivity contribution in [1.29, 1.82) is 0 Å². The second-order valence-electron chi connectivity index (χ2n) is 4.54. The first-order valence-corrected chi connectivity index (χ1v) is 7.58. The van der Waals surface area contributed by atoms with E-state index in [1.165, 1.54) is 6.21 Å². The SMILES string of the molecule is CC1CC(C(=O)N/N=C/c2cc(O)c(Br)cc2Br)NN1. The van der Waals surface area contributed by atoms with Gasteiger partial charge in [0, 0.05) is 16.1 Å². The lowest BCUT2D eigenvalue weighted by Crippen LogP contribution is -2.41. The largest absolute Gasteiger partial charge is 0.507 e. The van der Waals surface area contributed by atoms with Crippen molar-refractivity contribution in [3.8, 4) is 5.75 Å². The molecule has 1 amide bonds. The summed E-state index contributed by atoms with van der Waals surface area (Å²) in [7, 11) is 0. The monoisotopic (exact) mass is 404 g/mol. The van der Waals surface area contributed by atoms with Crippen LogP contribution in [0, 0.1) is 0 Å². The number of hydrogen-bond acceptors (Lipinski definition) is 5. The number of nitrogens with zero attached hydrogens (tertiary/aromatic N) is 1. The average molecular weight is 406 g/mol. The number of hydrazone groups is 1. The third-order valence-electron chi connectivity index (χ3n) is 2.85. The Labute approximate surface area is 133 Å². The molecule has 6 nitrogen and oxygen atoms in total. The molecule has 2 atom stereocenters. The molecular weight excluding hydrogens is 392 g/mol. The minimum atomic E-state index is -0.288. The van der Waals surface area contributed by atoms with E-state index < -0.39 is 0 Å². The fraction of sp³-hybridized carbons (Fsp3) is 0.333. The molecule has 2 unspecified atom stereocenters. The van der Waals surface area contributed by atoms with E-state index >= 15 is 0 Å². The molecular formula is C12H14Br2N4O2. The lowest BCUT2D eigenvalue weighted by molar-refractivity contribution is -0.122. The molecule has 0 spiro atoms.